The summed E-state index contributed by atoms with van der Waals surface area (Å²) in [6.07, 6.45) is 2.67. The number of pyridine rings is 1. The second kappa shape index (κ2) is 8.96. The average Bonchev–Trinajstić information content (AvgIpc) is 2.70. The van der Waals surface area contributed by atoms with Crippen LogP contribution in [0, 0.1) is 0 Å². The van der Waals surface area contributed by atoms with Gasteiger partial charge < -0.3 is 26.1 Å². The Bertz CT molecular complexity index is 1090. The molecule has 0 aliphatic rings. The standard InChI is InChI=1S/C20H22N6O3/c1-12(27)3-2-8-22-19(28)13-4-6-14(7-5-13)23-10-15-11-24-16-9-17(21)26-20(29)18(16)25-15/h4-7,9,11,23H,2-3,8,10H2,1H3,(H,22,28)(H3,21,26,29). The van der Waals surface area contributed by atoms with E-state index < -0.39 is 0 Å². The van der Waals surface area contributed by atoms with Gasteiger partial charge >= 0.3 is 0 Å². The Morgan fingerprint density at radius 2 is 1.97 bits per heavy atom. The maximum absolute atomic E-state index is 12.1. The van der Waals surface area contributed by atoms with Crippen LogP contribution in [0.15, 0.2) is 41.3 Å². The SMILES string of the molecule is CC(=O)CCCNC(=O)c1ccc(NCc2cnc3cc(N)[nH]c(=O)c3n2)cc1. The Balaban J connectivity index is 1.57. The van der Waals surface area contributed by atoms with Crippen LogP contribution < -0.4 is 21.9 Å². The number of amides is 1. The zero-order valence-electron chi connectivity index (χ0n) is 16.0. The van der Waals surface area contributed by atoms with Crippen molar-refractivity contribution in [1.29, 1.82) is 0 Å². The van der Waals surface area contributed by atoms with E-state index in [4.69, 9.17) is 5.73 Å². The monoisotopic (exact) mass is 394 g/mol. The zero-order chi connectivity index (χ0) is 20.8. The number of H-pyrrole nitrogens is 1. The summed E-state index contributed by atoms with van der Waals surface area (Å²) in [6, 6.07) is 8.55. The molecule has 150 valence electrons. The maximum atomic E-state index is 12.1. The van der Waals surface area contributed by atoms with Crippen LogP contribution in [-0.2, 0) is 11.3 Å². The summed E-state index contributed by atoms with van der Waals surface area (Å²) in [5.74, 6) is 0.171. The number of nitrogen functional groups attached to an aromatic ring is 1. The summed E-state index contributed by atoms with van der Waals surface area (Å²) in [4.78, 5) is 46.0. The molecule has 0 atom stereocenters. The number of hydrogen-bond donors (Lipinski definition) is 4. The minimum absolute atomic E-state index is 0.111. The van der Waals surface area contributed by atoms with Crippen LogP contribution in [0.4, 0.5) is 11.5 Å². The largest absolute Gasteiger partial charge is 0.385 e. The van der Waals surface area contributed by atoms with Gasteiger partial charge in [-0.15, -0.1) is 0 Å². The van der Waals surface area contributed by atoms with E-state index in [1.54, 1.807) is 36.5 Å². The highest BCUT2D eigenvalue weighted by Gasteiger charge is 2.07. The molecule has 0 radical (unpaired) electrons. The normalized spacial score (nSPS) is 10.7. The average molecular weight is 394 g/mol. The molecular formula is C20H22N6O3. The Morgan fingerprint density at radius 1 is 1.21 bits per heavy atom. The number of nitrogens with two attached hydrogens (primary N) is 1. The summed E-state index contributed by atoms with van der Waals surface area (Å²) in [5, 5.41) is 5.97. The lowest BCUT2D eigenvalue weighted by atomic mass is 10.2. The molecule has 0 spiro atoms. The number of Topliss-reactive ketones (excluding diaryl/α,β-unsaturated/α-hetero) is 1. The van der Waals surface area contributed by atoms with Crippen LogP contribution in [0.2, 0.25) is 0 Å². The third kappa shape index (κ3) is 5.38. The van der Waals surface area contributed by atoms with Crippen molar-refractivity contribution in [3.63, 3.8) is 0 Å². The van der Waals surface area contributed by atoms with Crippen molar-refractivity contribution in [2.24, 2.45) is 0 Å². The van der Waals surface area contributed by atoms with Gasteiger partial charge in [0.25, 0.3) is 11.5 Å². The Morgan fingerprint density at radius 3 is 2.69 bits per heavy atom. The molecule has 9 nitrogen and oxygen atoms in total. The zero-order valence-corrected chi connectivity index (χ0v) is 16.0. The lowest BCUT2D eigenvalue weighted by Gasteiger charge is -2.08. The number of aromatic nitrogens is 3. The molecular weight excluding hydrogens is 372 g/mol. The van der Waals surface area contributed by atoms with Gasteiger partial charge in [0.1, 0.15) is 11.6 Å². The molecule has 0 saturated carbocycles. The molecule has 0 fully saturated rings. The highest BCUT2D eigenvalue weighted by atomic mass is 16.1. The number of nitrogens with zero attached hydrogens (tertiary/aromatic N) is 2. The molecule has 9 heteroatoms. The van der Waals surface area contributed by atoms with E-state index in [0.717, 1.165) is 5.69 Å². The third-order valence-electron chi connectivity index (χ3n) is 4.23. The van der Waals surface area contributed by atoms with Crippen molar-refractivity contribution in [2.75, 3.05) is 17.6 Å². The lowest BCUT2D eigenvalue weighted by Crippen LogP contribution is -2.24. The minimum atomic E-state index is -0.381. The summed E-state index contributed by atoms with van der Waals surface area (Å²) in [6.45, 7) is 2.36. The first kappa shape index (κ1) is 20.0. The van der Waals surface area contributed by atoms with Crippen molar-refractivity contribution < 1.29 is 9.59 Å². The molecule has 1 amide bonds. The van der Waals surface area contributed by atoms with Gasteiger partial charge in [-0.25, -0.2) is 4.98 Å². The van der Waals surface area contributed by atoms with Gasteiger partial charge in [-0.2, -0.15) is 0 Å². The van der Waals surface area contributed by atoms with Crippen LogP contribution in [-0.4, -0.2) is 33.2 Å². The van der Waals surface area contributed by atoms with Crippen molar-refractivity contribution in [2.45, 2.75) is 26.3 Å². The fourth-order valence-electron chi connectivity index (χ4n) is 2.74. The van der Waals surface area contributed by atoms with Crippen LogP contribution in [0.25, 0.3) is 11.0 Å². The Hall–Kier alpha value is -3.75. The fraction of sp³-hybridized carbons (Fsp3) is 0.250. The smallest absolute Gasteiger partial charge is 0.277 e. The number of ketones is 1. The van der Waals surface area contributed by atoms with E-state index in [2.05, 4.69) is 25.6 Å². The van der Waals surface area contributed by atoms with E-state index in [9.17, 15) is 14.4 Å². The topological polar surface area (TPSA) is 143 Å². The van der Waals surface area contributed by atoms with Crippen LogP contribution in [0.5, 0.6) is 0 Å². The second-order valence-corrected chi connectivity index (χ2v) is 6.64. The number of nitrogens with one attached hydrogen (secondary N) is 3. The third-order valence-corrected chi connectivity index (χ3v) is 4.23. The number of anilines is 2. The molecule has 2 heterocycles. The predicted molar refractivity (Wildman–Crippen MR) is 111 cm³/mol. The second-order valence-electron chi connectivity index (χ2n) is 6.64. The van der Waals surface area contributed by atoms with Gasteiger partial charge in [0.05, 0.1) is 24.0 Å². The molecule has 0 aliphatic carbocycles. The molecule has 0 saturated heterocycles. The van der Waals surface area contributed by atoms with Crippen LogP contribution in [0.3, 0.4) is 0 Å². The number of fused-ring (bicyclic) bond motifs is 1. The summed E-state index contributed by atoms with van der Waals surface area (Å²) >= 11 is 0. The first-order valence-corrected chi connectivity index (χ1v) is 9.18. The minimum Gasteiger partial charge on any atom is -0.385 e. The summed E-state index contributed by atoms with van der Waals surface area (Å²) in [5.41, 5.74) is 7.82. The number of hydrogen-bond acceptors (Lipinski definition) is 7. The first-order valence-electron chi connectivity index (χ1n) is 9.18. The Labute approximate surface area is 166 Å². The Kier molecular flexibility index (Phi) is 6.18. The van der Waals surface area contributed by atoms with Gasteiger partial charge in [0.2, 0.25) is 0 Å². The van der Waals surface area contributed by atoms with Crippen molar-refractivity contribution in [3.05, 3.63) is 58.1 Å². The number of rotatable bonds is 8. The quantitative estimate of drug-likeness (QED) is 0.425. The van der Waals surface area contributed by atoms with Crippen molar-refractivity contribution in [1.82, 2.24) is 20.3 Å². The summed E-state index contributed by atoms with van der Waals surface area (Å²) < 4.78 is 0. The number of carbonyl (C=O) groups excluding carboxylic acids is 2. The molecule has 5 N–H and O–H groups in total. The fourth-order valence-corrected chi connectivity index (χ4v) is 2.74. The van der Waals surface area contributed by atoms with Crippen LogP contribution in [0.1, 0.15) is 35.8 Å². The molecule has 3 aromatic rings. The predicted octanol–water partition coefficient (Wildman–Crippen LogP) is 1.61. The molecule has 2 aromatic heterocycles. The maximum Gasteiger partial charge on any atom is 0.277 e. The van der Waals surface area contributed by atoms with E-state index in [-0.39, 0.29) is 28.6 Å². The molecule has 29 heavy (non-hydrogen) atoms. The van der Waals surface area contributed by atoms with Gasteiger partial charge in [-0.1, -0.05) is 0 Å². The van der Waals surface area contributed by atoms with E-state index >= 15 is 0 Å². The first-order chi connectivity index (χ1) is 13.9. The number of aromatic amines is 1. The van der Waals surface area contributed by atoms with Crippen molar-refractivity contribution >= 4 is 34.2 Å². The van der Waals surface area contributed by atoms with Gasteiger partial charge in [0, 0.05) is 30.3 Å². The summed E-state index contributed by atoms with van der Waals surface area (Å²) in [7, 11) is 0. The highest BCUT2D eigenvalue weighted by Crippen LogP contribution is 2.12. The lowest BCUT2D eigenvalue weighted by molar-refractivity contribution is -0.117. The highest BCUT2D eigenvalue weighted by molar-refractivity contribution is 5.94. The van der Waals surface area contributed by atoms with Gasteiger partial charge in [-0.3, -0.25) is 14.6 Å². The van der Waals surface area contributed by atoms with E-state index in [1.807, 2.05) is 0 Å². The van der Waals surface area contributed by atoms with E-state index in [0.29, 0.717) is 42.7 Å². The molecule has 3 rings (SSSR count). The van der Waals surface area contributed by atoms with Gasteiger partial charge in [0.15, 0.2) is 5.52 Å². The van der Waals surface area contributed by atoms with E-state index in [1.165, 1.54) is 6.92 Å². The van der Waals surface area contributed by atoms with Gasteiger partial charge in [-0.05, 0) is 37.6 Å². The van der Waals surface area contributed by atoms with Crippen LogP contribution >= 0.6 is 0 Å². The number of benzene rings is 1. The molecule has 1 aromatic carbocycles. The molecule has 0 bridgehead atoms. The number of carbonyl (C=O) groups is 2. The molecule has 0 aliphatic heterocycles. The van der Waals surface area contributed by atoms with Crippen molar-refractivity contribution in [3.8, 4) is 0 Å². The molecule has 0 unspecified atom stereocenters.